The van der Waals surface area contributed by atoms with Crippen LogP contribution in [-0.2, 0) is 0 Å². The van der Waals surface area contributed by atoms with E-state index in [4.69, 9.17) is 0 Å². The van der Waals surface area contributed by atoms with Crippen LogP contribution in [0.2, 0.25) is 0 Å². The van der Waals surface area contributed by atoms with Crippen molar-refractivity contribution in [2.45, 2.75) is 20.8 Å². The van der Waals surface area contributed by atoms with Crippen LogP contribution < -0.4 is 5.32 Å². The molecule has 4 heteroatoms. The molecular weight excluding hydrogens is 279 g/mol. The lowest BCUT2D eigenvalue weighted by atomic mass is 10.1. The Morgan fingerprint density at radius 1 is 1.09 bits per heavy atom. The molecule has 2 aromatic carbocycles. The van der Waals surface area contributed by atoms with Crippen LogP contribution in [-0.4, -0.2) is 10.9 Å². The largest absolute Gasteiger partial charge is 0.350 e. The standard InChI is InChI=1S/C18H17FN2O/c1-10-4-7-15(11(2)8-10)21-18(22)17-12(3)14-6-5-13(19)9-16(14)20-17/h4-9,20H,1-3H3,(H,21,22). The predicted molar refractivity (Wildman–Crippen MR) is 86.9 cm³/mol. The second-order valence-electron chi connectivity index (χ2n) is 5.59. The predicted octanol–water partition coefficient (Wildman–Crippen LogP) is 4.48. The van der Waals surface area contributed by atoms with E-state index < -0.39 is 0 Å². The number of halogens is 1. The highest BCUT2D eigenvalue weighted by Gasteiger charge is 2.15. The zero-order chi connectivity index (χ0) is 15.9. The lowest BCUT2D eigenvalue weighted by Crippen LogP contribution is -2.14. The SMILES string of the molecule is Cc1ccc(NC(=O)c2[nH]c3cc(F)ccc3c2C)c(C)c1. The minimum Gasteiger partial charge on any atom is -0.350 e. The summed E-state index contributed by atoms with van der Waals surface area (Å²) in [6.45, 7) is 5.82. The molecular formula is C18H17FN2O. The topological polar surface area (TPSA) is 44.9 Å². The molecule has 3 rings (SSSR count). The molecule has 1 aromatic heterocycles. The van der Waals surface area contributed by atoms with Crippen LogP contribution in [0.5, 0.6) is 0 Å². The van der Waals surface area contributed by atoms with Gasteiger partial charge in [0.1, 0.15) is 11.5 Å². The van der Waals surface area contributed by atoms with Gasteiger partial charge in [-0.05, 0) is 56.2 Å². The van der Waals surface area contributed by atoms with Gasteiger partial charge in [0.2, 0.25) is 0 Å². The molecule has 3 nitrogen and oxygen atoms in total. The van der Waals surface area contributed by atoms with E-state index >= 15 is 0 Å². The summed E-state index contributed by atoms with van der Waals surface area (Å²) >= 11 is 0. The van der Waals surface area contributed by atoms with Gasteiger partial charge in [-0.15, -0.1) is 0 Å². The molecule has 0 spiro atoms. The molecule has 0 unspecified atom stereocenters. The average molecular weight is 296 g/mol. The Morgan fingerprint density at radius 2 is 1.86 bits per heavy atom. The van der Waals surface area contributed by atoms with Crippen molar-refractivity contribution in [1.82, 2.24) is 4.98 Å². The van der Waals surface area contributed by atoms with Crippen molar-refractivity contribution < 1.29 is 9.18 Å². The molecule has 0 atom stereocenters. The first kappa shape index (κ1) is 14.3. The maximum absolute atomic E-state index is 13.3. The summed E-state index contributed by atoms with van der Waals surface area (Å²) in [5.41, 5.74) is 4.84. The van der Waals surface area contributed by atoms with E-state index in [0.717, 1.165) is 27.8 Å². The Morgan fingerprint density at radius 3 is 2.59 bits per heavy atom. The molecule has 1 heterocycles. The number of fused-ring (bicyclic) bond motifs is 1. The van der Waals surface area contributed by atoms with Crippen molar-refractivity contribution in [3.05, 3.63) is 64.6 Å². The summed E-state index contributed by atoms with van der Waals surface area (Å²) < 4.78 is 13.3. The second kappa shape index (κ2) is 5.30. The number of H-pyrrole nitrogens is 1. The van der Waals surface area contributed by atoms with Crippen molar-refractivity contribution in [2.75, 3.05) is 5.32 Å². The lowest BCUT2D eigenvalue weighted by Gasteiger charge is -2.08. The zero-order valence-electron chi connectivity index (χ0n) is 12.8. The van der Waals surface area contributed by atoms with E-state index in [9.17, 15) is 9.18 Å². The highest BCUT2D eigenvalue weighted by Crippen LogP contribution is 2.24. The fourth-order valence-corrected chi connectivity index (χ4v) is 2.68. The molecule has 0 aliphatic heterocycles. The van der Waals surface area contributed by atoms with Gasteiger partial charge in [-0.3, -0.25) is 4.79 Å². The van der Waals surface area contributed by atoms with Gasteiger partial charge < -0.3 is 10.3 Å². The fraction of sp³-hybridized carbons (Fsp3) is 0.167. The van der Waals surface area contributed by atoms with Crippen LogP contribution >= 0.6 is 0 Å². The van der Waals surface area contributed by atoms with E-state index in [-0.39, 0.29) is 11.7 Å². The van der Waals surface area contributed by atoms with Crippen molar-refractivity contribution in [3.8, 4) is 0 Å². The normalized spacial score (nSPS) is 10.9. The molecule has 0 fully saturated rings. The molecule has 3 aromatic rings. The van der Waals surface area contributed by atoms with Crippen molar-refractivity contribution in [2.24, 2.45) is 0 Å². The van der Waals surface area contributed by atoms with E-state index in [1.165, 1.54) is 12.1 Å². The average Bonchev–Trinajstić information content (AvgIpc) is 2.78. The lowest BCUT2D eigenvalue weighted by molar-refractivity contribution is 0.102. The van der Waals surface area contributed by atoms with Crippen LogP contribution in [0, 0.1) is 26.6 Å². The Kier molecular flexibility index (Phi) is 3.45. The van der Waals surface area contributed by atoms with Gasteiger partial charge in [-0.25, -0.2) is 4.39 Å². The van der Waals surface area contributed by atoms with E-state index in [2.05, 4.69) is 10.3 Å². The van der Waals surface area contributed by atoms with Crippen LogP contribution in [0.3, 0.4) is 0 Å². The molecule has 0 bridgehead atoms. The van der Waals surface area contributed by atoms with E-state index in [1.807, 2.05) is 39.0 Å². The van der Waals surface area contributed by atoms with E-state index in [0.29, 0.717) is 11.2 Å². The summed E-state index contributed by atoms with van der Waals surface area (Å²) in [5, 5.41) is 3.76. The number of hydrogen-bond acceptors (Lipinski definition) is 1. The third kappa shape index (κ3) is 2.48. The smallest absolute Gasteiger partial charge is 0.272 e. The first-order valence-corrected chi connectivity index (χ1v) is 7.12. The van der Waals surface area contributed by atoms with Gasteiger partial charge in [-0.1, -0.05) is 17.7 Å². The monoisotopic (exact) mass is 296 g/mol. The van der Waals surface area contributed by atoms with Gasteiger partial charge >= 0.3 is 0 Å². The van der Waals surface area contributed by atoms with Gasteiger partial charge in [0.25, 0.3) is 5.91 Å². The van der Waals surface area contributed by atoms with Crippen molar-refractivity contribution in [3.63, 3.8) is 0 Å². The third-order valence-corrected chi connectivity index (χ3v) is 3.88. The summed E-state index contributed by atoms with van der Waals surface area (Å²) in [7, 11) is 0. The molecule has 0 aliphatic rings. The van der Waals surface area contributed by atoms with Gasteiger partial charge in [0, 0.05) is 16.6 Å². The molecule has 112 valence electrons. The number of aryl methyl sites for hydroxylation is 3. The molecule has 0 aliphatic carbocycles. The Balaban J connectivity index is 1.97. The fourth-order valence-electron chi connectivity index (χ4n) is 2.68. The maximum atomic E-state index is 13.3. The van der Waals surface area contributed by atoms with Crippen LogP contribution in [0.1, 0.15) is 27.2 Å². The van der Waals surface area contributed by atoms with Gasteiger partial charge in [-0.2, -0.15) is 0 Å². The minimum atomic E-state index is -0.324. The highest BCUT2D eigenvalue weighted by atomic mass is 19.1. The first-order chi connectivity index (χ1) is 10.5. The molecule has 2 N–H and O–H groups in total. The highest BCUT2D eigenvalue weighted by molar-refractivity contribution is 6.08. The number of hydrogen-bond donors (Lipinski definition) is 2. The van der Waals surface area contributed by atoms with Gasteiger partial charge in [0.05, 0.1) is 0 Å². The molecule has 0 radical (unpaired) electrons. The van der Waals surface area contributed by atoms with Crippen LogP contribution in [0.4, 0.5) is 10.1 Å². The number of carbonyl (C=O) groups excluding carboxylic acids is 1. The minimum absolute atomic E-state index is 0.221. The Hall–Kier alpha value is -2.62. The zero-order valence-corrected chi connectivity index (χ0v) is 12.8. The second-order valence-corrected chi connectivity index (χ2v) is 5.59. The molecule has 0 saturated heterocycles. The Labute approximate surface area is 128 Å². The number of benzene rings is 2. The number of aromatic nitrogens is 1. The molecule has 1 amide bonds. The number of carbonyl (C=O) groups is 1. The summed E-state index contributed by atoms with van der Waals surface area (Å²) in [4.78, 5) is 15.5. The maximum Gasteiger partial charge on any atom is 0.272 e. The van der Waals surface area contributed by atoms with E-state index in [1.54, 1.807) is 6.07 Å². The molecule has 0 saturated carbocycles. The number of nitrogens with one attached hydrogen (secondary N) is 2. The number of aromatic amines is 1. The van der Waals surface area contributed by atoms with Gasteiger partial charge in [0.15, 0.2) is 0 Å². The first-order valence-electron chi connectivity index (χ1n) is 7.12. The number of rotatable bonds is 2. The van der Waals surface area contributed by atoms with Crippen molar-refractivity contribution >= 4 is 22.5 Å². The number of anilines is 1. The van der Waals surface area contributed by atoms with Crippen LogP contribution in [0.25, 0.3) is 10.9 Å². The summed E-state index contributed by atoms with van der Waals surface area (Å²) in [6.07, 6.45) is 0. The Bertz CT molecular complexity index is 880. The quantitative estimate of drug-likeness (QED) is 0.719. The molecule has 22 heavy (non-hydrogen) atoms. The third-order valence-electron chi connectivity index (χ3n) is 3.88. The summed E-state index contributed by atoms with van der Waals surface area (Å²) in [6, 6.07) is 10.3. The van der Waals surface area contributed by atoms with Crippen molar-refractivity contribution in [1.29, 1.82) is 0 Å². The summed E-state index contributed by atoms with van der Waals surface area (Å²) in [5.74, 6) is -0.545. The van der Waals surface area contributed by atoms with Crippen LogP contribution in [0.15, 0.2) is 36.4 Å². The number of amides is 1.